The first-order valence-electron chi connectivity index (χ1n) is 11.6. The zero-order valence-electron chi connectivity index (χ0n) is 18.6. The average molecular weight is 430 g/mol. The highest BCUT2D eigenvalue weighted by molar-refractivity contribution is 5.93. The third-order valence-corrected chi connectivity index (χ3v) is 5.45. The Balaban J connectivity index is 1.24. The van der Waals surface area contributed by atoms with Crippen molar-refractivity contribution >= 4 is 28.9 Å². The number of carbonyl (C=O) groups excluding carboxylic acids is 2. The predicted octanol–water partition coefficient (Wildman–Crippen LogP) is 3.45. The molecule has 1 aliphatic heterocycles. The first kappa shape index (κ1) is 23.1. The molecule has 0 fully saturated rings. The summed E-state index contributed by atoms with van der Waals surface area (Å²) in [7, 11) is 0. The number of rotatable bonds is 13. The summed E-state index contributed by atoms with van der Waals surface area (Å²) in [5, 5.41) is 5.92. The van der Waals surface area contributed by atoms with E-state index in [0.717, 1.165) is 62.7 Å². The van der Waals surface area contributed by atoms with Crippen molar-refractivity contribution in [1.82, 2.24) is 20.2 Å². The number of hydrogen-bond donors (Lipinski definition) is 2. The number of unbranched alkanes of at least 4 members (excludes halogenated alkanes) is 3. The van der Waals surface area contributed by atoms with E-state index in [1.54, 1.807) is 4.90 Å². The highest BCUT2D eigenvalue weighted by Crippen LogP contribution is 2.26. The van der Waals surface area contributed by atoms with Gasteiger partial charge in [-0.05, 0) is 37.8 Å². The summed E-state index contributed by atoms with van der Waals surface area (Å²) in [4.78, 5) is 30.7. The van der Waals surface area contributed by atoms with Gasteiger partial charge in [0.1, 0.15) is 0 Å². The molecule has 0 bridgehead atoms. The molecule has 3 rings (SSSR count). The Morgan fingerprint density at radius 1 is 1.00 bits per heavy atom. The number of benzene rings is 1. The van der Waals surface area contributed by atoms with Crippen LogP contribution in [0.15, 0.2) is 24.3 Å². The molecule has 1 aliphatic rings. The molecule has 1 aromatic heterocycles. The molecular weight excluding hydrogens is 394 g/mol. The number of imidazole rings is 1. The Morgan fingerprint density at radius 2 is 1.81 bits per heavy atom. The predicted molar refractivity (Wildman–Crippen MR) is 122 cm³/mol. The van der Waals surface area contributed by atoms with E-state index in [-0.39, 0.29) is 11.9 Å². The van der Waals surface area contributed by atoms with Gasteiger partial charge in [0, 0.05) is 45.8 Å². The number of para-hydroxylation sites is 2. The number of aromatic nitrogens is 2. The third kappa shape index (κ3) is 6.69. The molecule has 0 saturated carbocycles. The van der Waals surface area contributed by atoms with Crippen LogP contribution in [-0.2, 0) is 16.1 Å². The van der Waals surface area contributed by atoms with Crippen LogP contribution in [0, 0.1) is 0 Å². The second-order valence-corrected chi connectivity index (χ2v) is 7.92. The van der Waals surface area contributed by atoms with Crippen LogP contribution in [-0.4, -0.2) is 54.3 Å². The molecule has 0 atom stereocenters. The van der Waals surface area contributed by atoms with Gasteiger partial charge in [0.25, 0.3) is 0 Å². The minimum Gasteiger partial charge on any atom is -0.381 e. The second kappa shape index (κ2) is 12.3. The second-order valence-electron chi connectivity index (χ2n) is 7.92. The van der Waals surface area contributed by atoms with Gasteiger partial charge in [-0.2, -0.15) is 0 Å². The molecular formula is C23H35N5O3. The van der Waals surface area contributed by atoms with Crippen LogP contribution in [0.3, 0.4) is 0 Å². The smallest absolute Gasteiger partial charge is 0.324 e. The Labute approximate surface area is 184 Å². The fraction of sp³-hybridized carbons (Fsp3) is 0.609. The van der Waals surface area contributed by atoms with Crippen LogP contribution in [0.4, 0.5) is 10.7 Å². The monoisotopic (exact) mass is 429 g/mol. The number of carbonyl (C=O) groups is 2. The minimum atomic E-state index is -0.104. The van der Waals surface area contributed by atoms with Crippen LogP contribution in [0.1, 0.15) is 51.9 Å². The van der Waals surface area contributed by atoms with E-state index in [1.807, 2.05) is 24.3 Å². The van der Waals surface area contributed by atoms with E-state index in [0.29, 0.717) is 38.6 Å². The first-order valence-corrected chi connectivity index (χ1v) is 11.6. The van der Waals surface area contributed by atoms with Gasteiger partial charge in [0.05, 0.1) is 11.0 Å². The molecule has 3 amide bonds. The van der Waals surface area contributed by atoms with Crippen LogP contribution in [0.2, 0.25) is 0 Å². The molecule has 0 aliphatic carbocycles. The number of amides is 3. The van der Waals surface area contributed by atoms with Crippen molar-refractivity contribution in [3.63, 3.8) is 0 Å². The highest BCUT2D eigenvalue weighted by atomic mass is 16.5. The number of nitrogens with zero attached hydrogens (tertiary/aromatic N) is 3. The quantitative estimate of drug-likeness (QED) is 0.477. The summed E-state index contributed by atoms with van der Waals surface area (Å²) in [5.41, 5.74) is 1.98. The zero-order valence-corrected chi connectivity index (χ0v) is 18.6. The molecule has 0 spiro atoms. The molecule has 0 unspecified atom stereocenters. The van der Waals surface area contributed by atoms with Gasteiger partial charge in [0.15, 0.2) is 0 Å². The molecule has 8 nitrogen and oxygen atoms in total. The Hall–Kier alpha value is -2.61. The zero-order chi connectivity index (χ0) is 21.9. The summed E-state index contributed by atoms with van der Waals surface area (Å²) in [6, 6.07) is 7.84. The van der Waals surface area contributed by atoms with Gasteiger partial charge < -0.3 is 19.9 Å². The number of fused-ring (bicyclic) bond motifs is 3. The van der Waals surface area contributed by atoms with Gasteiger partial charge >= 0.3 is 6.03 Å². The fourth-order valence-corrected chi connectivity index (χ4v) is 3.70. The number of hydrogen-bond acceptors (Lipinski definition) is 4. The van der Waals surface area contributed by atoms with Gasteiger partial charge in [-0.15, -0.1) is 0 Å². The summed E-state index contributed by atoms with van der Waals surface area (Å²) >= 11 is 0. The largest absolute Gasteiger partial charge is 0.381 e. The lowest BCUT2D eigenvalue weighted by Gasteiger charge is -2.15. The first-order chi connectivity index (χ1) is 15.2. The van der Waals surface area contributed by atoms with Gasteiger partial charge in [-0.3, -0.25) is 9.69 Å². The SMILES string of the molecule is CCCCOCCCNC(=O)CCCCCNC(=O)N1CCn2c1nc1ccccc12. The van der Waals surface area contributed by atoms with Crippen LogP contribution in [0.5, 0.6) is 0 Å². The van der Waals surface area contributed by atoms with Crippen molar-refractivity contribution in [2.75, 3.05) is 37.7 Å². The number of nitrogens with one attached hydrogen (secondary N) is 2. The summed E-state index contributed by atoms with van der Waals surface area (Å²) in [6.07, 6.45) is 6.20. The van der Waals surface area contributed by atoms with E-state index >= 15 is 0 Å². The summed E-state index contributed by atoms with van der Waals surface area (Å²) in [6.45, 7) is 6.33. The molecule has 170 valence electrons. The normalized spacial score (nSPS) is 12.9. The van der Waals surface area contributed by atoms with Gasteiger partial charge in [-0.1, -0.05) is 31.9 Å². The van der Waals surface area contributed by atoms with Gasteiger partial charge in [-0.25, -0.2) is 9.78 Å². The molecule has 2 N–H and O–H groups in total. The van der Waals surface area contributed by atoms with Crippen molar-refractivity contribution in [3.8, 4) is 0 Å². The maximum absolute atomic E-state index is 12.5. The lowest BCUT2D eigenvalue weighted by molar-refractivity contribution is -0.121. The van der Waals surface area contributed by atoms with E-state index in [9.17, 15) is 9.59 Å². The van der Waals surface area contributed by atoms with Crippen molar-refractivity contribution in [2.24, 2.45) is 0 Å². The Morgan fingerprint density at radius 3 is 2.68 bits per heavy atom. The van der Waals surface area contributed by atoms with Crippen molar-refractivity contribution < 1.29 is 14.3 Å². The molecule has 2 heterocycles. The van der Waals surface area contributed by atoms with Crippen molar-refractivity contribution in [1.29, 1.82) is 0 Å². The van der Waals surface area contributed by atoms with E-state index in [4.69, 9.17) is 4.74 Å². The van der Waals surface area contributed by atoms with E-state index in [2.05, 4.69) is 27.1 Å². The summed E-state index contributed by atoms with van der Waals surface area (Å²) in [5.74, 6) is 0.805. The maximum atomic E-state index is 12.5. The molecule has 31 heavy (non-hydrogen) atoms. The van der Waals surface area contributed by atoms with Crippen LogP contribution >= 0.6 is 0 Å². The minimum absolute atomic E-state index is 0.0913. The standard InChI is InChI=1S/C23H35N5O3/c1-2-3-17-31-18-9-14-24-21(29)12-5-4-8-13-25-23(30)28-16-15-27-20-11-7-6-10-19(20)26-22(27)28/h6-7,10-11H,2-5,8-9,12-18H2,1H3,(H,24,29)(H,25,30). The topological polar surface area (TPSA) is 88.5 Å². The third-order valence-electron chi connectivity index (χ3n) is 5.45. The summed E-state index contributed by atoms with van der Waals surface area (Å²) < 4.78 is 7.57. The molecule has 0 saturated heterocycles. The highest BCUT2D eigenvalue weighted by Gasteiger charge is 2.27. The van der Waals surface area contributed by atoms with Crippen molar-refractivity contribution in [2.45, 2.75) is 58.4 Å². The molecule has 1 aromatic carbocycles. The fourth-order valence-electron chi connectivity index (χ4n) is 3.70. The lowest BCUT2D eigenvalue weighted by Crippen LogP contribution is -2.39. The Kier molecular flexibility index (Phi) is 9.15. The Bertz CT molecular complexity index is 851. The van der Waals surface area contributed by atoms with Crippen molar-refractivity contribution in [3.05, 3.63) is 24.3 Å². The number of ether oxygens (including phenoxy) is 1. The van der Waals surface area contributed by atoms with Crippen LogP contribution < -0.4 is 15.5 Å². The van der Waals surface area contributed by atoms with Gasteiger partial charge in [0.2, 0.25) is 11.9 Å². The lowest BCUT2D eigenvalue weighted by atomic mass is 10.2. The molecule has 2 aromatic rings. The average Bonchev–Trinajstić information content (AvgIpc) is 3.34. The number of anilines is 1. The van der Waals surface area contributed by atoms with E-state index in [1.165, 1.54) is 0 Å². The van der Waals surface area contributed by atoms with Crippen LogP contribution in [0.25, 0.3) is 11.0 Å². The van der Waals surface area contributed by atoms with E-state index < -0.39 is 0 Å². The molecule has 0 radical (unpaired) electrons. The number of urea groups is 1. The molecule has 8 heteroatoms. The maximum Gasteiger partial charge on any atom is 0.324 e.